The number of aliphatic hydroxyl groups excluding tert-OH is 1. The van der Waals surface area contributed by atoms with Gasteiger partial charge in [-0.1, -0.05) is 0 Å². The second kappa shape index (κ2) is 6.27. The number of aliphatic hydroxyl groups is 1. The summed E-state index contributed by atoms with van der Waals surface area (Å²) in [6, 6.07) is 5.62. The first-order valence-electron chi connectivity index (χ1n) is 7.29. The first-order chi connectivity index (χ1) is 11.0. The van der Waals surface area contributed by atoms with Gasteiger partial charge in [-0.2, -0.15) is 0 Å². The second-order valence-corrected chi connectivity index (χ2v) is 6.62. The van der Waals surface area contributed by atoms with Crippen LogP contribution < -0.4 is 10.2 Å². The molecule has 0 bridgehead atoms. The normalized spacial score (nSPS) is 16.8. The summed E-state index contributed by atoms with van der Waals surface area (Å²) in [7, 11) is 5.20. The van der Waals surface area contributed by atoms with Crippen LogP contribution in [0, 0.1) is 0 Å². The van der Waals surface area contributed by atoms with Gasteiger partial charge in [0.1, 0.15) is 11.1 Å². The van der Waals surface area contributed by atoms with Gasteiger partial charge >= 0.3 is 5.97 Å². The minimum absolute atomic E-state index is 0.393. The van der Waals surface area contributed by atoms with E-state index in [4.69, 9.17) is 4.74 Å². The molecule has 2 N–H and O–H groups in total. The van der Waals surface area contributed by atoms with E-state index in [-0.39, 0.29) is 0 Å². The van der Waals surface area contributed by atoms with Crippen molar-refractivity contribution in [2.45, 2.75) is 12.6 Å². The van der Waals surface area contributed by atoms with Gasteiger partial charge < -0.3 is 20.1 Å². The molecule has 0 amide bonds. The number of β-amino-alcohol motifs (C(OH)–C–C–N with tert-alkyl or cyclic N) is 1. The third-order valence-electron chi connectivity index (χ3n) is 3.82. The monoisotopic (exact) mass is 333 g/mol. The Bertz CT molecular complexity index is 742. The molecule has 2 aromatic rings. The number of carbonyl (C=O) groups is 1. The Labute approximate surface area is 138 Å². The number of methoxy groups -OCH3 is 1. The van der Waals surface area contributed by atoms with Gasteiger partial charge in [-0.25, -0.2) is 9.78 Å². The smallest absolute Gasteiger partial charge is 0.338 e. The van der Waals surface area contributed by atoms with Gasteiger partial charge in [-0.15, -0.1) is 11.3 Å². The lowest BCUT2D eigenvalue weighted by atomic mass is 10.1. The Kier molecular flexibility index (Phi) is 4.34. The summed E-state index contributed by atoms with van der Waals surface area (Å²) in [6.07, 6.45) is -0.548. The van der Waals surface area contributed by atoms with Crippen LogP contribution in [0.1, 0.15) is 27.0 Å². The Hall–Kier alpha value is -1.96. The molecule has 0 fully saturated rings. The molecule has 7 heteroatoms. The van der Waals surface area contributed by atoms with Gasteiger partial charge in [0.25, 0.3) is 0 Å². The summed E-state index contributed by atoms with van der Waals surface area (Å²) in [5, 5.41) is 13.9. The number of ether oxygens (including phenoxy) is 1. The van der Waals surface area contributed by atoms with Crippen LogP contribution in [0.3, 0.4) is 0 Å². The van der Waals surface area contributed by atoms with Crippen molar-refractivity contribution in [3.8, 4) is 10.6 Å². The number of rotatable bonds is 3. The lowest BCUT2D eigenvalue weighted by Crippen LogP contribution is -2.26. The van der Waals surface area contributed by atoms with Crippen molar-refractivity contribution in [2.24, 2.45) is 0 Å². The molecule has 1 aromatic heterocycles. The Morgan fingerprint density at radius 2 is 2.26 bits per heavy atom. The van der Waals surface area contributed by atoms with Crippen molar-refractivity contribution in [3.63, 3.8) is 0 Å². The highest BCUT2D eigenvalue weighted by Gasteiger charge is 2.25. The highest BCUT2D eigenvalue weighted by atomic mass is 32.1. The summed E-state index contributed by atoms with van der Waals surface area (Å²) in [6.45, 7) is 1.16. The Balaban J connectivity index is 2.10. The van der Waals surface area contributed by atoms with Gasteiger partial charge in [0.15, 0.2) is 0 Å². The van der Waals surface area contributed by atoms with Crippen LogP contribution in [0.5, 0.6) is 0 Å². The molecule has 122 valence electrons. The van der Waals surface area contributed by atoms with Gasteiger partial charge in [0.2, 0.25) is 0 Å². The lowest BCUT2D eigenvalue weighted by molar-refractivity contribution is 0.0601. The highest BCUT2D eigenvalue weighted by Crippen LogP contribution is 2.36. The van der Waals surface area contributed by atoms with Gasteiger partial charge in [-0.05, 0) is 18.2 Å². The number of thiazole rings is 1. The standard InChI is InChI=1S/C16H19N3O3S/c1-19(2)9-4-5-10(11(6-9)16(21)22-3)15-18-12-7-17-8-13(20)14(12)23-15/h4-6,13,17,20H,7-8H2,1-3H3. The van der Waals surface area contributed by atoms with Crippen LogP contribution in [0.2, 0.25) is 0 Å². The number of hydrogen-bond acceptors (Lipinski definition) is 7. The maximum Gasteiger partial charge on any atom is 0.338 e. The summed E-state index contributed by atoms with van der Waals surface area (Å²) in [4.78, 5) is 19.6. The van der Waals surface area contributed by atoms with Crippen molar-refractivity contribution < 1.29 is 14.6 Å². The molecule has 1 aromatic carbocycles. The van der Waals surface area contributed by atoms with Crippen molar-refractivity contribution in [1.29, 1.82) is 0 Å². The van der Waals surface area contributed by atoms with E-state index in [1.54, 1.807) is 6.07 Å². The number of nitrogens with one attached hydrogen (secondary N) is 1. The van der Waals surface area contributed by atoms with E-state index >= 15 is 0 Å². The van der Waals surface area contributed by atoms with Crippen LogP contribution >= 0.6 is 11.3 Å². The molecule has 0 saturated carbocycles. The van der Waals surface area contributed by atoms with Crippen LogP contribution in [-0.2, 0) is 11.3 Å². The van der Waals surface area contributed by atoms with Gasteiger partial charge in [-0.3, -0.25) is 0 Å². The molecule has 0 radical (unpaired) electrons. The predicted molar refractivity (Wildman–Crippen MR) is 89.9 cm³/mol. The zero-order chi connectivity index (χ0) is 16.6. The first-order valence-corrected chi connectivity index (χ1v) is 8.11. The Morgan fingerprint density at radius 1 is 1.48 bits per heavy atom. The fourth-order valence-electron chi connectivity index (χ4n) is 2.56. The predicted octanol–water partition coefficient (Wildman–Crippen LogP) is 1.80. The number of nitrogens with zero attached hydrogens (tertiary/aromatic N) is 2. The summed E-state index contributed by atoms with van der Waals surface area (Å²) < 4.78 is 4.91. The molecule has 1 unspecified atom stereocenters. The second-order valence-electron chi connectivity index (χ2n) is 5.59. The molecular formula is C16H19N3O3S. The molecule has 1 aliphatic rings. The number of carbonyl (C=O) groups excluding carboxylic acids is 1. The van der Waals surface area contributed by atoms with Crippen molar-refractivity contribution in [2.75, 3.05) is 32.6 Å². The minimum atomic E-state index is -0.548. The fourth-order valence-corrected chi connectivity index (χ4v) is 3.67. The average molecular weight is 333 g/mol. The third kappa shape index (κ3) is 2.95. The van der Waals surface area contributed by atoms with Crippen LogP contribution in [0.15, 0.2) is 18.2 Å². The largest absolute Gasteiger partial charge is 0.465 e. The maximum absolute atomic E-state index is 12.2. The van der Waals surface area contributed by atoms with E-state index in [0.717, 1.165) is 26.8 Å². The number of fused-ring (bicyclic) bond motifs is 1. The van der Waals surface area contributed by atoms with Gasteiger partial charge in [0.05, 0.1) is 23.2 Å². The fraction of sp³-hybridized carbons (Fsp3) is 0.375. The topological polar surface area (TPSA) is 74.7 Å². The summed E-state index contributed by atoms with van der Waals surface area (Å²) in [5.41, 5.74) is 2.97. The van der Waals surface area contributed by atoms with Crippen molar-refractivity contribution in [3.05, 3.63) is 34.3 Å². The number of anilines is 1. The van der Waals surface area contributed by atoms with E-state index in [1.807, 2.05) is 31.1 Å². The number of esters is 1. The summed E-state index contributed by atoms with van der Waals surface area (Å²) in [5.74, 6) is -0.393. The molecule has 6 nitrogen and oxygen atoms in total. The number of hydrogen-bond donors (Lipinski definition) is 2. The Morgan fingerprint density at radius 3 is 2.91 bits per heavy atom. The molecular weight excluding hydrogens is 314 g/mol. The number of aromatic nitrogens is 1. The molecule has 3 rings (SSSR count). The van der Waals surface area contributed by atoms with Crippen molar-refractivity contribution >= 4 is 23.0 Å². The lowest BCUT2D eigenvalue weighted by Gasteiger charge is -2.16. The maximum atomic E-state index is 12.2. The molecule has 2 heterocycles. The molecule has 0 aliphatic carbocycles. The van der Waals surface area contributed by atoms with Crippen LogP contribution in [0.25, 0.3) is 10.6 Å². The highest BCUT2D eigenvalue weighted by molar-refractivity contribution is 7.15. The third-order valence-corrected chi connectivity index (χ3v) is 5.05. The molecule has 23 heavy (non-hydrogen) atoms. The molecule has 0 saturated heterocycles. The van der Waals surface area contributed by atoms with E-state index in [2.05, 4.69) is 10.3 Å². The van der Waals surface area contributed by atoms with Crippen LogP contribution in [-0.4, -0.2) is 43.8 Å². The summed E-state index contributed by atoms with van der Waals surface area (Å²) >= 11 is 1.43. The van der Waals surface area contributed by atoms with Crippen LogP contribution in [0.4, 0.5) is 5.69 Å². The SMILES string of the molecule is COC(=O)c1cc(N(C)C)ccc1-c1nc2c(s1)C(O)CNC2. The quantitative estimate of drug-likeness (QED) is 0.835. The molecule has 0 spiro atoms. The minimum Gasteiger partial charge on any atom is -0.465 e. The number of benzene rings is 1. The van der Waals surface area contributed by atoms with Crippen molar-refractivity contribution in [1.82, 2.24) is 10.3 Å². The molecule has 1 atom stereocenters. The van der Waals surface area contributed by atoms with E-state index in [1.165, 1.54) is 18.4 Å². The first kappa shape index (κ1) is 15.9. The van der Waals surface area contributed by atoms with E-state index in [9.17, 15) is 9.90 Å². The van der Waals surface area contributed by atoms with E-state index in [0.29, 0.717) is 18.7 Å². The molecule has 1 aliphatic heterocycles. The average Bonchev–Trinajstić information content (AvgIpc) is 2.99. The zero-order valence-corrected chi connectivity index (χ0v) is 14.1. The van der Waals surface area contributed by atoms with Gasteiger partial charge in [0, 0.05) is 38.4 Å². The zero-order valence-electron chi connectivity index (χ0n) is 13.3. The van der Waals surface area contributed by atoms with E-state index < -0.39 is 12.1 Å².